The van der Waals surface area contributed by atoms with E-state index >= 15 is 0 Å². The van der Waals surface area contributed by atoms with Crippen LogP contribution in [0.2, 0.25) is 0 Å². The molecule has 0 aromatic heterocycles. The minimum Gasteiger partial charge on any atom is -0.326 e. The molecule has 1 saturated heterocycles. The number of nitrogens with zero attached hydrogens (tertiary/aromatic N) is 1. The first kappa shape index (κ1) is 11.7. The summed E-state index contributed by atoms with van der Waals surface area (Å²) in [5, 5.41) is 0. The lowest BCUT2D eigenvalue weighted by molar-refractivity contribution is 0.176. The minimum absolute atomic E-state index is 0.420. The number of rotatable bonds is 2. The van der Waals surface area contributed by atoms with Gasteiger partial charge in [-0.1, -0.05) is 19.3 Å². The van der Waals surface area contributed by atoms with Crippen LogP contribution in [0.15, 0.2) is 0 Å². The lowest BCUT2D eigenvalue weighted by atomic mass is 9.81. The molecule has 2 N–H and O–H groups in total. The zero-order valence-corrected chi connectivity index (χ0v) is 10.6. The molecular weight excluding hydrogens is 204 g/mol. The lowest BCUT2D eigenvalue weighted by Crippen LogP contribution is -2.54. The number of thioether (sulfide) groups is 1. The molecule has 1 saturated carbocycles. The van der Waals surface area contributed by atoms with E-state index in [1.807, 2.05) is 0 Å². The van der Waals surface area contributed by atoms with Crippen LogP contribution in [-0.4, -0.2) is 42.1 Å². The highest BCUT2D eigenvalue weighted by Gasteiger charge is 2.31. The summed E-state index contributed by atoms with van der Waals surface area (Å²) < 4.78 is 0. The first-order chi connectivity index (χ1) is 7.29. The van der Waals surface area contributed by atoms with Crippen LogP contribution in [0.3, 0.4) is 0 Å². The van der Waals surface area contributed by atoms with E-state index in [1.54, 1.807) is 0 Å². The van der Waals surface area contributed by atoms with Gasteiger partial charge < -0.3 is 10.6 Å². The second kappa shape index (κ2) is 5.55. The molecule has 2 aliphatic rings. The molecule has 2 unspecified atom stereocenters. The van der Waals surface area contributed by atoms with Crippen molar-refractivity contribution in [2.45, 2.75) is 44.2 Å². The largest absolute Gasteiger partial charge is 0.326 e. The second-order valence-electron chi connectivity index (χ2n) is 5.10. The highest BCUT2D eigenvalue weighted by atomic mass is 32.2. The van der Waals surface area contributed by atoms with Crippen LogP contribution >= 0.6 is 11.8 Å². The van der Waals surface area contributed by atoms with Crippen LogP contribution in [0.25, 0.3) is 0 Å². The smallest absolute Gasteiger partial charge is 0.0337 e. The van der Waals surface area contributed by atoms with E-state index < -0.39 is 0 Å². The van der Waals surface area contributed by atoms with Crippen LogP contribution < -0.4 is 5.73 Å². The molecule has 1 aliphatic carbocycles. The molecule has 0 aromatic carbocycles. The monoisotopic (exact) mass is 228 g/mol. The molecule has 2 nitrogen and oxygen atoms in total. The van der Waals surface area contributed by atoms with E-state index in [4.69, 9.17) is 5.73 Å². The molecule has 15 heavy (non-hydrogen) atoms. The maximum Gasteiger partial charge on any atom is 0.0337 e. The summed E-state index contributed by atoms with van der Waals surface area (Å²) in [6.07, 6.45) is 6.98. The number of nitrogens with two attached hydrogens (primary N) is 1. The van der Waals surface area contributed by atoms with E-state index in [-0.39, 0.29) is 0 Å². The number of hydrogen-bond donors (Lipinski definition) is 1. The Balaban J connectivity index is 1.89. The predicted molar refractivity (Wildman–Crippen MR) is 68.3 cm³/mol. The van der Waals surface area contributed by atoms with Gasteiger partial charge in [0.05, 0.1) is 0 Å². The van der Waals surface area contributed by atoms with Gasteiger partial charge in [0.25, 0.3) is 0 Å². The van der Waals surface area contributed by atoms with Crippen molar-refractivity contribution in [1.29, 1.82) is 0 Å². The lowest BCUT2D eigenvalue weighted by Gasteiger charge is -2.40. The zero-order valence-electron chi connectivity index (χ0n) is 9.82. The van der Waals surface area contributed by atoms with Crippen molar-refractivity contribution >= 4 is 11.8 Å². The summed E-state index contributed by atoms with van der Waals surface area (Å²) >= 11 is 2.08. The Labute approximate surface area is 98.0 Å². The van der Waals surface area contributed by atoms with Gasteiger partial charge in [-0.05, 0) is 25.8 Å². The summed E-state index contributed by atoms with van der Waals surface area (Å²) in [5.41, 5.74) is 6.46. The highest BCUT2D eigenvalue weighted by molar-refractivity contribution is 7.99. The predicted octanol–water partition coefficient (Wildman–Crippen LogP) is 1.94. The van der Waals surface area contributed by atoms with E-state index in [9.17, 15) is 0 Å². The van der Waals surface area contributed by atoms with Gasteiger partial charge in [0.2, 0.25) is 0 Å². The average Bonchev–Trinajstić information content (AvgIpc) is 2.30. The van der Waals surface area contributed by atoms with Crippen LogP contribution in [0.1, 0.15) is 32.1 Å². The molecule has 0 spiro atoms. The van der Waals surface area contributed by atoms with Crippen molar-refractivity contribution in [2.75, 3.05) is 25.1 Å². The van der Waals surface area contributed by atoms with Crippen LogP contribution in [-0.2, 0) is 0 Å². The maximum absolute atomic E-state index is 6.46. The molecule has 88 valence electrons. The summed E-state index contributed by atoms with van der Waals surface area (Å²) in [6, 6.07) is 1.05. The first-order valence-corrected chi connectivity index (χ1v) is 7.48. The molecule has 0 bridgehead atoms. The third-order valence-corrected chi connectivity index (χ3v) is 5.13. The summed E-state index contributed by atoms with van der Waals surface area (Å²) in [4.78, 5) is 2.48. The van der Waals surface area contributed by atoms with Gasteiger partial charge in [-0.15, -0.1) is 0 Å². The Morgan fingerprint density at radius 3 is 2.67 bits per heavy atom. The van der Waals surface area contributed by atoms with Crippen molar-refractivity contribution in [1.82, 2.24) is 4.90 Å². The zero-order chi connectivity index (χ0) is 10.7. The topological polar surface area (TPSA) is 29.3 Å². The normalized spacial score (nSPS) is 32.8. The highest BCUT2D eigenvalue weighted by Crippen LogP contribution is 2.29. The molecule has 0 aromatic rings. The molecular formula is C12H24N2S. The quantitative estimate of drug-likeness (QED) is 0.783. The Morgan fingerprint density at radius 1 is 1.27 bits per heavy atom. The Kier molecular flexibility index (Phi) is 4.35. The fourth-order valence-electron chi connectivity index (χ4n) is 2.94. The average molecular weight is 228 g/mol. The van der Waals surface area contributed by atoms with Crippen molar-refractivity contribution < 1.29 is 0 Å². The Bertz CT molecular complexity index is 192. The molecule has 2 fully saturated rings. The van der Waals surface area contributed by atoms with Gasteiger partial charge in [0.15, 0.2) is 0 Å². The summed E-state index contributed by atoms with van der Waals surface area (Å²) in [5.74, 6) is 3.32. The van der Waals surface area contributed by atoms with E-state index in [0.717, 1.165) is 5.92 Å². The van der Waals surface area contributed by atoms with Crippen LogP contribution in [0, 0.1) is 5.92 Å². The third-order valence-electron chi connectivity index (χ3n) is 4.08. The van der Waals surface area contributed by atoms with Gasteiger partial charge in [-0.3, -0.25) is 0 Å². The van der Waals surface area contributed by atoms with Gasteiger partial charge in [0.1, 0.15) is 0 Å². The summed E-state index contributed by atoms with van der Waals surface area (Å²) in [6.45, 7) is 1.22. The van der Waals surface area contributed by atoms with Crippen LogP contribution in [0.5, 0.6) is 0 Å². The molecule has 2 rings (SSSR count). The van der Waals surface area contributed by atoms with Crippen molar-refractivity contribution in [3.8, 4) is 0 Å². The van der Waals surface area contributed by atoms with E-state index in [2.05, 4.69) is 23.7 Å². The molecule has 0 radical (unpaired) electrons. The third kappa shape index (κ3) is 2.89. The van der Waals surface area contributed by atoms with Gasteiger partial charge in [-0.2, -0.15) is 11.8 Å². The van der Waals surface area contributed by atoms with Crippen molar-refractivity contribution in [3.05, 3.63) is 0 Å². The van der Waals surface area contributed by atoms with Crippen molar-refractivity contribution in [2.24, 2.45) is 11.7 Å². The van der Waals surface area contributed by atoms with E-state index in [0.29, 0.717) is 12.1 Å². The maximum atomic E-state index is 6.46. The molecule has 1 heterocycles. The Morgan fingerprint density at radius 2 is 2.00 bits per heavy atom. The van der Waals surface area contributed by atoms with E-state index in [1.165, 1.54) is 50.2 Å². The van der Waals surface area contributed by atoms with Crippen LogP contribution in [0.4, 0.5) is 0 Å². The van der Waals surface area contributed by atoms with Gasteiger partial charge in [-0.25, -0.2) is 0 Å². The second-order valence-corrected chi connectivity index (χ2v) is 6.25. The fraction of sp³-hybridized carbons (Fsp3) is 1.00. The standard InChI is InChI=1S/C12H24N2S/c1-14-7-8-15-9-11(14)12(13)10-5-3-2-4-6-10/h10-12H,2-9,13H2,1H3. The molecule has 2 atom stereocenters. The molecule has 3 heteroatoms. The minimum atomic E-state index is 0.420. The number of hydrogen-bond acceptors (Lipinski definition) is 3. The molecule has 1 aliphatic heterocycles. The molecule has 0 amide bonds. The van der Waals surface area contributed by atoms with Gasteiger partial charge >= 0.3 is 0 Å². The van der Waals surface area contributed by atoms with Gasteiger partial charge in [0, 0.05) is 30.1 Å². The number of likely N-dealkylation sites (N-methyl/N-ethyl adjacent to an activating group) is 1. The van der Waals surface area contributed by atoms with Crippen molar-refractivity contribution in [3.63, 3.8) is 0 Å². The summed E-state index contributed by atoms with van der Waals surface area (Å²) in [7, 11) is 2.24. The fourth-order valence-corrected chi connectivity index (χ4v) is 4.25. The SMILES string of the molecule is CN1CCSCC1C(N)C1CCCCC1. The first-order valence-electron chi connectivity index (χ1n) is 6.32. The Hall–Kier alpha value is 0.270.